The number of amides is 3. The molecule has 1 N–H and O–H groups in total. The summed E-state index contributed by atoms with van der Waals surface area (Å²) in [6.07, 6.45) is 5.01. The van der Waals surface area contributed by atoms with E-state index in [1.807, 2.05) is 12.2 Å². The number of hydrazone groups is 1. The number of imide groups is 1. The summed E-state index contributed by atoms with van der Waals surface area (Å²) in [7, 11) is 0. The Hall–Kier alpha value is -2.76. The molecule has 0 saturated carbocycles. The molecule has 3 amide bonds. The summed E-state index contributed by atoms with van der Waals surface area (Å²) in [5.41, 5.74) is 3.72. The molecule has 2 atom stereocenters. The van der Waals surface area contributed by atoms with E-state index in [1.54, 1.807) is 38.1 Å². The summed E-state index contributed by atoms with van der Waals surface area (Å²) in [5.74, 6) is -1.56. The fourth-order valence-electron chi connectivity index (χ4n) is 3.12. The molecule has 1 saturated heterocycles. The second kappa shape index (κ2) is 6.39. The van der Waals surface area contributed by atoms with E-state index in [0.29, 0.717) is 24.2 Å². The smallest absolute Gasteiger partial charge is 0.273 e. The van der Waals surface area contributed by atoms with Gasteiger partial charge in [-0.2, -0.15) is 5.10 Å². The van der Waals surface area contributed by atoms with E-state index in [2.05, 4.69) is 10.5 Å². The van der Waals surface area contributed by atoms with Crippen LogP contribution in [-0.2, 0) is 9.59 Å². The maximum absolute atomic E-state index is 12.7. The Morgan fingerprint density at radius 2 is 1.67 bits per heavy atom. The molecule has 1 aliphatic heterocycles. The molecule has 1 heterocycles. The van der Waals surface area contributed by atoms with Crippen molar-refractivity contribution in [3.8, 4) is 0 Å². The number of rotatable bonds is 3. The highest BCUT2D eigenvalue weighted by Gasteiger charge is 2.48. The van der Waals surface area contributed by atoms with Crippen molar-refractivity contribution in [1.29, 1.82) is 0 Å². The van der Waals surface area contributed by atoms with Gasteiger partial charge in [-0.25, -0.2) is 10.3 Å². The molecule has 124 valence electrons. The first-order valence-electron chi connectivity index (χ1n) is 7.93. The number of hydrogen-bond acceptors (Lipinski definition) is 4. The van der Waals surface area contributed by atoms with Gasteiger partial charge in [0.05, 0.1) is 23.1 Å². The molecule has 24 heavy (non-hydrogen) atoms. The predicted octanol–water partition coefficient (Wildman–Crippen LogP) is 2.27. The van der Waals surface area contributed by atoms with Gasteiger partial charge < -0.3 is 0 Å². The molecule has 6 heteroatoms. The normalized spacial score (nSPS) is 22.3. The molecule has 1 aromatic carbocycles. The van der Waals surface area contributed by atoms with Crippen molar-refractivity contribution < 1.29 is 14.4 Å². The van der Waals surface area contributed by atoms with Crippen LogP contribution in [0.15, 0.2) is 41.5 Å². The number of para-hydroxylation sites is 1. The van der Waals surface area contributed by atoms with Crippen LogP contribution in [0.4, 0.5) is 5.69 Å². The van der Waals surface area contributed by atoms with Crippen molar-refractivity contribution >= 4 is 29.1 Å². The third kappa shape index (κ3) is 2.75. The highest BCUT2D eigenvalue weighted by Crippen LogP contribution is 2.38. The topological polar surface area (TPSA) is 78.8 Å². The number of nitrogens with one attached hydrogen (secondary N) is 1. The molecule has 0 bridgehead atoms. The minimum absolute atomic E-state index is 0.232. The van der Waals surface area contributed by atoms with Crippen LogP contribution in [0.2, 0.25) is 0 Å². The van der Waals surface area contributed by atoms with Crippen LogP contribution in [-0.4, -0.2) is 23.4 Å². The fraction of sp³-hybridized carbons (Fsp3) is 0.333. The van der Waals surface area contributed by atoms with E-state index in [-0.39, 0.29) is 29.2 Å². The molecular formula is C18H19N3O3. The minimum Gasteiger partial charge on any atom is -0.274 e. The molecule has 0 spiro atoms. The number of allylic oxidation sites excluding steroid dienone is 2. The summed E-state index contributed by atoms with van der Waals surface area (Å²) in [6, 6.07) is 6.62. The van der Waals surface area contributed by atoms with E-state index >= 15 is 0 Å². The van der Waals surface area contributed by atoms with Crippen molar-refractivity contribution in [2.75, 3.05) is 4.90 Å². The van der Waals surface area contributed by atoms with E-state index in [0.717, 1.165) is 0 Å². The molecule has 1 fully saturated rings. The molecular weight excluding hydrogens is 306 g/mol. The van der Waals surface area contributed by atoms with Crippen molar-refractivity contribution in [3.63, 3.8) is 0 Å². The van der Waals surface area contributed by atoms with Gasteiger partial charge in [0.25, 0.3) is 5.91 Å². The van der Waals surface area contributed by atoms with Gasteiger partial charge in [-0.15, -0.1) is 0 Å². The number of carbonyl (C=O) groups excluding carboxylic acids is 3. The monoisotopic (exact) mass is 325 g/mol. The highest BCUT2D eigenvalue weighted by molar-refractivity contribution is 6.24. The zero-order valence-corrected chi connectivity index (χ0v) is 13.7. The van der Waals surface area contributed by atoms with Crippen molar-refractivity contribution in [2.24, 2.45) is 16.9 Å². The average molecular weight is 325 g/mol. The Morgan fingerprint density at radius 1 is 1.08 bits per heavy atom. The van der Waals surface area contributed by atoms with Crippen LogP contribution < -0.4 is 10.3 Å². The molecule has 2 aliphatic rings. The lowest BCUT2D eigenvalue weighted by molar-refractivity contribution is -0.122. The largest absolute Gasteiger partial charge is 0.274 e. The van der Waals surface area contributed by atoms with Crippen LogP contribution in [0.25, 0.3) is 0 Å². The summed E-state index contributed by atoms with van der Waals surface area (Å²) in [4.78, 5) is 38.9. The van der Waals surface area contributed by atoms with E-state index in [4.69, 9.17) is 0 Å². The maximum Gasteiger partial charge on any atom is 0.273 e. The zero-order valence-electron chi connectivity index (χ0n) is 13.7. The maximum atomic E-state index is 12.7. The quantitative estimate of drug-likeness (QED) is 0.401. The Balaban J connectivity index is 1.96. The van der Waals surface area contributed by atoms with Crippen molar-refractivity contribution in [2.45, 2.75) is 26.7 Å². The van der Waals surface area contributed by atoms with Gasteiger partial charge in [0.2, 0.25) is 11.8 Å². The first-order chi connectivity index (χ1) is 11.5. The Bertz CT molecular complexity index is 737. The van der Waals surface area contributed by atoms with Crippen molar-refractivity contribution in [1.82, 2.24) is 5.43 Å². The summed E-state index contributed by atoms with van der Waals surface area (Å²) < 4.78 is 0. The Kier molecular flexibility index (Phi) is 4.29. The van der Waals surface area contributed by atoms with Gasteiger partial charge >= 0.3 is 0 Å². The summed E-state index contributed by atoms with van der Waals surface area (Å²) in [5, 5.41) is 3.90. The molecule has 1 aliphatic carbocycles. The first-order valence-corrected chi connectivity index (χ1v) is 7.93. The number of nitrogens with zero attached hydrogens (tertiary/aromatic N) is 2. The number of benzene rings is 1. The average Bonchev–Trinajstić information content (AvgIpc) is 2.84. The van der Waals surface area contributed by atoms with Gasteiger partial charge in [-0.05, 0) is 38.8 Å². The lowest BCUT2D eigenvalue weighted by atomic mass is 9.85. The summed E-state index contributed by atoms with van der Waals surface area (Å²) >= 11 is 0. The van der Waals surface area contributed by atoms with Crippen LogP contribution in [0.5, 0.6) is 0 Å². The van der Waals surface area contributed by atoms with E-state index < -0.39 is 5.91 Å². The molecule has 3 rings (SSSR count). The predicted molar refractivity (Wildman–Crippen MR) is 90.5 cm³/mol. The third-order valence-electron chi connectivity index (χ3n) is 4.28. The molecule has 0 aromatic heterocycles. The summed E-state index contributed by atoms with van der Waals surface area (Å²) in [6.45, 7) is 3.52. The molecule has 6 nitrogen and oxygen atoms in total. The van der Waals surface area contributed by atoms with Gasteiger partial charge in [0, 0.05) is 5.71 Å². The van der Waals surface area contributed by atoms with Crippen LogP contribution in [0.3, 0.4) is 0 Å². The van der Waals surface area contributed by atoms with Crippen LogP contribution in [0, 0.1) is 11.8 Å². The highest BCUT2D eigenvalue weighted by atomic mass is 16.2. The second-order valence-corrected chi connectivity index (χ2v) is 6.18. The van der Waals surface area contributed by atoms with Crippen molar-refractivity contribution in [3.05, 3.63) is 42.0 Å². The number of anilines is 1. The number of fused-ring (bicyclic) bond motifs is 1. The lowest BCUT2D eigenvalue weighted by Crippen LogP contribution is -2.33. The number of hydrogen-bond donors (Lipinski definition) is 1. The van der Waals surface area contributed by atoms with Crippen LogP contribution in [0.1, 0.15) is 37.0 Å². The number of carbonyl (C=O) groups is 3. The lowest BCUT2D eigenvalue weighted by Gasteiger charge is -2.18. The minimum atomic E-state index is -0.444. The van der Waals surface area contributed by atoms with Gasteiger partial charge in [0.15, 0.2) is 0 Å². The molecule has 0 radical (unpaired) electrons. The SMILES string of the molecule is CC(C)=NNC(=O)c1ccccc1N1C(=O)[C@H]2CC=CC[C@@H]2C1=O. The standard InChI is InChI=1S/C18H19N3O3/c1-11(2)19-20-16(22)14-9-5-6-10-15(14)21-17(23)12-7-3-4-8-13(12)18(21)24/h3-6,9-10,12-13H,7-8H2,1-2H3,(H,20,22)/t12-,13-/m0/s1. The molecule has 1 aromatic rings. The van der Waals surface area contributed by atoms with Gasteiger partial charge in [-0.1, -0.05) is 24.3 Å². The van der Waals surface area contributed by atoms with Crippen LogP contribution >= 0.6 is 0 Å². The van der Waals surface area contributed by atoms with E-state index in [9.17, 15) is 14.4 Å². The Labute approximate surface area is 140 Å². The Morgan fingerprint density at radius 3 is 2.25 bits per heavy atom. The molecule has 0 unspecified atom stereocenters. The first kappa shape index (κ1) is 16.1. The van der Waals surface area contributed by atoms with Gasteiger partial charge in [-0.3, -0.25) is 14.4 Å². The fourth-order valence-corrected chi connectivity index (χ4v) is 3.12. The van der Waals surface area contributed by atoms with Gasteiger partial charge in [0.1, 0.15) is 0 Å². The second-order valence-electron chi connectivity index (χ2n) is 6.18. The zero-order chi connectivity index (χ0) is 17.3. The van der Waals surface area contributed by atoms with E-state index in [1.165, 1.54) is 4.90 Å². The third-order valence-corrected chi connectivity index (χ3v) is 4.28.